The van der Waals surface area contributed by atoms with Crippen molar-refractivity contribution in [3.63, 3.8) is 0 Å². The van der Waals surface area contributed by atoms with Crippen LogP contribution in [0.25, 0.3) is 0 Å². The van der Waals surface area contributed by atoms with Crippen molar-refractivity contribution in [2.75, 3.05) is 0 Å². The Hall–Kier alpha value is -0.390. The molecule has 5 heteroatoms. The Kier molecular flexibility index (Phi) is 6.26. The molecule has 0 aromatic heterocycles. The Labute approximate surface area is 136 Å². The first-order chi connectivity index (χ1) is 10.0. The van der Waals surface area contributed by atoms with E-state index in [1.165, 1.54) is 12.8 Å². The quantitative estimate of drug-likeness (QED) is 0.758. The number of sulfonamides is 1. The Morgan fingerprint density at radius 1 is 1.14 bits per heavy atom. The number of benzene rings is 1. The molecule has 1 N–H and O–H groups in total. The molecule has 0 atom stereocenters. The molecule has 3 nitrogen and oxygen atoms in total. The number of rotatable bonds is 6. The molecule has 0 spiro atoms. The molecule has 0 heterocycles. The maximum atomic E-state index is 12.4. The van der Waals surface area contributed by atoms with E-state index in [9.17, 15) is 8.42 Å². The van der Waals surface area contributed by atoms with Crippen molar-refractivity contribution in [1.29, 1.82) is 0 Å². The van der Waals surface area contributed by atoms with Crippen molar-refractivity contribution in [2.24, 2.45) is 5.92 Å². The van der Waals surface area contributed by atoms with E-state index in [0.29, 0.717) is 4.90 Å². The van der Waals surface area contributed by atoms with Crippen LogP contribution in [0.5, 0.6) is 0 Å². The first-order valence-corrected chi connectivity index (χ1v) is 10.3. The second-order valence-electron chi connectivity index (χ2n) is 5.91. The Bertz CT molecular complexity index is 534. The van der Waals surface area contributed by atoms with Gasteiger partial charge in [-0.05, 0) is 49.3 Å². The van der Waals surface area contributed by atoms with Crippen LogP contribution >= 0.6 is 15.9 Å². The molecule has 1 fully saturated rings. The molecule has 1 aromatic rings. The molecule has 0 bridgehead atoms. The topological polar surface area (TPSA) is 46.2 Å². The van der Waals surface area contributed by atoms with Crippen LogP contribution in [0, 0.1) is 5.92 Å². The van der Waals surface area contributed by atoms with Gasteiger partial charge in [0.2, 0.25) is 10.0 Å². The van der Waals surface area contributed by atoms with Gasteiger partial charge in [0.15, 0.2) is 0 Å². The molecule has 118 valence electrons. The van der Waals surface area contributed by atoms with Crippen molar-refractivity contribution >= 4 is 26.0 Å². The average molecular weight is 374 g/mol. The molecular weight excluding hydrogens is 350 g/mol. The minimum Gasteiger partial charge on any atom is -0.208 e. The van der Waals surface area contributed by atoms with Crippen molar-refractivity contribution in [3.05, 3.63) is 29.8 Å². The highest BCUT2D eigenvalue weighted by Crippen LogP contribution is 2.28. The number of hydrogen-bond acceptors (Lipinski definition) is 2. The summed E-state index contributed by atoms with van der Waals surface area (Å²) in [4.78, 5) is 0.364. The minimum absolute atomic E-state index is 0.0963. The van der Waals surface area contributed by atoms with Crippen molar-refractivity contribution in [2.45, 2.75) is 61.7 Å². The monoisotopic (exact) mass is 373 g/mol. The molecule has 0 radical (unpaired) electrons. The molecule has 1 aliphatic carbocycles. The molecule has 0 amide bonds. The lowest BCUT2D eigenvalue weighted by molar-refractivity contribution is 0.297. The predicted molar refractivity (Wildman–Crippen MR) is 90.0 cm³/mol. The highest BCUT2D eigenvalue weighted by molar-refractivity contribution is 9.08. The number of nitrogens with one attached hydrogen (secondary N) is 1. The largest absolute Gasteiger partial charge is 0.240 e. The summed E-state index contributed by atoms with van der Waals surface area (Å²) in [7, 11) is -3.38. The molecule has 0 saturated heterocycles. The van der Waals surface area contributed by atoms with E-state index in [0.717, 1.165) is 42.5 Å². The van der Waals surface area contributed by atoms with E-state index < -0.39 is 10.0 Å². The third-order valence-electron chi connectivity index (χ3n) is 4.25. The lowest BCUT2D eigenvalue weighted by Crippen LogP contribution is -2.37. The summed E-state index contributed by atoms with van der Waals surface area (Å²) in [5.74, 6) is 0.786. The SMILES string of the molecule is CCCC1CCC(NS(=O)(=O)c2ccc(CBr)cc2)CC1. The fourth-order valence-electron chi connectivity index (χ4n) is 3.02. The minimum atomic E-state index is -3.38. The van der Waals surface area contributed by atoms with Gasteiger partial charge in [0.1, 0.15) is 0 Å². The zero-order valence-corrected chi connectivity index (χ0v) is 14.9. The molecule has 1 aliphatic rings. The van der Waals surface area contributed by atoms with Gasteiger partial charge in [0, 0.05) is 11.4 Å². The van der Waals surface area contributed by atoms with E-state index in [1.807, 2.05) is 12.1 Å². The van der Waals surface area contributed by atoms with Gasteiger partial charge in [-0.25, -0.2) is 13.1 Å². The first kappa shape index (κ1) is 17.0. The molecule has 2 rings (SSSR count). The van der Waals surface area contributed by atoms with E-state index in [2.05, 4.69) is 27.6 Å². The summed E-state index contributed by atoms with van der Waals surface area (Å²) in [5.41, 5.74) is 1.08. The van der Waals surface area contributed by atoms with Crippen LogP contribution in [0.1, 0.15) is 51.0 Å². The third-order valence-corrected chi connectivity index (χ3v) is 6.44. The third kappa shape index (κ3) is 4.80. The Morgan fingerprint density at radius 3 is 2.29 bits per heavy atom. The maximum Gasteiger partial charge on any atom is 0.240 e. The van der Waals surface area contributed by atoms with Crippen LogP contribution in [0.3, 0.4) is 0 Å². The summed E-state index contributed by atoms with van der Waals surface area (Å²) in [5, 5.41) is 0.738. The number of halogens is 1. The van der Waals surface area contributed by atoms with Crippen molar-refractivity contribution in [1.82, 2.24) is 4.72 Å². The van der Waals surface area contributed by atoms with E-state index >= 15 is 0 Å². The van der Waals surface area contributed by atoms with Crippen LogP contribution in [-0.4, -0.2) is 14.5 Å². The Morgan fingerprint density at radius 2 is 1.76 bits per heavy atom. The van der Waals surface area contributed by atoms with Gasteiger partial charge in [-0.15, -0.1) is 0 Å². The van der Waals surface area contributed by atoms with Crippen molar-refractivity contribution in [3.8, 4) is 0 Å². The number of hydrogen-bond donors (Lipinski definition) is 1. The molecule has 1 saturated carbocycles. The number of alkyl halides is 1. The molecule has 1 aromatic carbocycles. The summed E-state index contributed by atoms with van der Waals surface area (Å²) in [6, 6.07) is 7.16. The van der Waals surface area contributed by atoms with Gasteiger partial charge < -0.3 is 0 Å². The zero-order chi connectivity index (χ0) is 15.3. The van der Waals surface area contributed by atoms with E-state index in [1.54, 1.807) is 12.1 Å². The zero-order valence-electron chi connectivity index (χ0n) is 12.5. The smallest absolute Gasteiger partial charge is 0.208 e. The lowest BCUT2D eigenvalue weighted by Gasteiger charge is -2.28. The summed E-state index contributed by atoms with van der Waals surface area (Å²) in [6.07, 6.45) is 6.70. The van der Waals surface area contributed by atoms with Gasteiger partial charge in [-0.3, -0.25) is 0 Å². The highest BCUT2D eigenvalue weighted by Gasteiger charge is 2.25. The summed E-state index contributed by atoms with van der Waals surface area (Å²) >= 11 is 3.37. The average Bonchev–Trinajstić information content (AvgIpc) is 2.49. The van der Waals surface area contributed by atoms with E-state index in [-0.39, 0.29) is 6.04 Å². The normalized spacial score (nSPS) is 23.1. The van der Waals surface area contributed by atoms with E-state index in [4.69, 9.17) is 0 Å². The fraction of sp³-hybridized carbons (Fsp3) is 0.625. The van der Waals surface area contributed by atoms with Crippen LogP contribution in [0.2, 0.25) is 0 Å². The maximum absolute atomic E-state index is 12.4. The lowest BCUT2D eigenvalue weighted by atomic mass is 9.84. The van der Waals surface area contributed by atoms with Crippen LogP contribution in [-0.2, 0) is 15.4 Å². The van der Waals surface area contributed by atoms with Crippen LogP contribution in [0.15, 0.2) is 29.2 Å². The van der Waals surface area contributed by atoms with Gasteiger partial charge in [-0.2, -0.15) is 0 Å². The Balaban J connectivity index is 1.95. The van der Waals surface area contributed by atoms with Gasteiger partial charge >= 0.3 is 0 Å². The summed E-state index contributed by atoms with van der Waals surface area (Å²) in [6.45, 7) is 2.21. The highest BCUT2D eigenvalue weighted by atomic mass is 79.9. The summed E-state index contributed by atoms with van der Waals surface area (Å²) < 4.78 is 27.6. The fourth-order valence-corrected chi connectivity index (χ4v) is 4.70. The second kappa shape index (κ2) is 7.75. The van der Waals surface area contributed by atoms with Gasteiger partial charge in [-0.1, -0.05) is 47.8 Å². The first-order valence-electron chi connectivity index (χ1n) is 7.72. The second-order valence-corrected chi connectivity index (χ2v) is 8.18. The van der Waals surface area contributed by atoms with Crippen molar-refractivity contribution < 1.29 is 8.42 Å². The van der Waals surface area contributed by atoms with Crippen LogP contribution < -0.4 is 4.72 Å². The predicted octanol–water partition coefficient (Wildman–Crippen LogP) is 4.22. The van der Waals surface area contributed by atoms with Crippen LogP contribution in [0.4, 0.5) is 0 Å². The molecule has 21 heavy (non-hydrogen) atoms. The van der Waals surface area contributed by atoms with Gasteiger partial charge in [0.05, 0.1) is 4.90 Å². The molecule has 0 aliphatic heterocycles. The van der Waals surface area contributed by atoms with Gasteiger partial charge in [0.25, 0.3) is 0 Å². The molecular formula is C16H24BrNO2S. The standard InChI is InChI=1S/C16H24BrNO2S/c1-2-3-13-4-8-15(9-5-13)18-21(19,20)16-10-6-14(12-17)7-11-16/h6-7,10-11,13,15,18H,2-5,8-9,12H2,1H3. The molecule has 0 unspecified atom stereocenters.